The van der Waals surface area contributed by atoms with Gasteiger partial charge in [0, 0.05) is 16.0 Å². The fourth-order valence-electron chi connectivity index (χ4n) is 4.20. The molecule has 1 aliphatic heterocycles. The lowest BCUT2D eigenvalue weighted by molar-refractivity contribution is 0.0656. The second-order valence-corrected chi connectivity index (χ2v) is 8.20. The van der Waals surface area contributed by atoms with Gasteiger partial charge in [-0.1, -0.05) is 22.0 Å². The summed E-state index contributed by atoms with van der Waals surface area (Å²) in [4.78, 5) is 13.4. The number of amides is 1. The maximum absolute atomic E-state index is 13.4. The quantitative estimate of drug-likeness (QED) is 0.486. The molecule has 6 heteroatoms. The van der Waals surface area contributed by atoms with E-state index in [9.17, 15) is 4.79 Å². The number of halogens is 1. The smallest absolute Gasteiger partial charge is 0.274 e. The first-order chi connectivity index (χ1) is 14.2. The van der Waals surface area contributed by atoms with Crippen LogP contribution in [0.5, 0.6) is 0 Å². The van der Waals surface area contributed by atoms with Gasteiger partial charge in [0.1, 0.15) is 17.6 Å². The van der Waals surface area contributed by atoms with Crippen LogP contribution in [0.4, 0.5) is 0 Å². The molecular formula is C23H19BrN2O3. The Bertz CT molecular complexity index is 1080. The number of fused-ring (bicyclic) bond motifs is 1. The van der Waals surface area contributed by atoms with Gasteiger partial charge >= 0.3 is 0 Å². The maximum atomic E-state index is 13.4. The van der Waals surface area contributed by atoms with Gasteiger partial charge in [-0.3, -0.25) is 4.79 Å². The van der Waals surface area contributed by atoms with Crippen molar-refractivity contribution in [3.8, 4) is 0 Å². The highest BCUT2D eigenvalue weighted by Crippen LogP contribution is 2.45. The minimum Gasteiger partial charge on any atom is -0.467 e. The molecule has 2 atom stereocenters. The Hall–Kier alpha value is -2.86. The van der Waals surface area contributed by atoms with Crippen LogP contribution in [0.25, 0.3) is 6.08 Å². The molecule has 0 bridgehead atoms. The van der Waals surface area contributed by atoms with Gasteiger partial charge in [0.2, 0.25) is 0 Å². The topological polar surface area (TPSA) is 59.0 Å². The third-order valence-corrected chi connectivity index (χ3v) is 5.97. The van der Waals surface area contributed by atoms with Crippen LogP contribution < -0.4 is 0 Å². The van der Waals surface area contributed by atoms with Crippen molar-refractivity contribution in [3.63, 3.8) is 0 Å². The predicted molar refractivity (Wildman–Crippen MR) is 113 cm³/mol. The van der Waals surface area contributed by atoms with Crippen molar-refractivity contribution in [2.24, 2.45) is 11.0 Å². The second-order valence-electron chi connectivity index (χ2n) is 7.29. The number of nitrogens with zero attached hydrogens (tertiary/aromatic N) is 2. The van der Waals surface area contributed by atoms with E-state index in [2.05, 4.69) is 15.9 Å². The zero-order valence-electron chi connectivity index (χ0n) is 15.6. The molecule has 1 saturated carbocycles. The average Bonchev–Trinajstić information content (AvgIpc) is 3.48. The summed E-state index contributed by atoms with van der Waals surface area (Å²) in [6, 6.07) is 14.7. The van der Waals surface area contributed by atoms with Crippen molar-refractivity contribution in [1.82, 2.24) is 5.01 Å². The number of furan rings is 2. The number of hydrogen-bond donors (Lipinski definition) is 0. The van der Waals surface area contributed by atoms with E-state index in [0.717, 1.165) is 46.5 Å². The van der Waals surface area contributed by atoms with Gasteiger partial charge in [-0.2, -0.15) is 5.10 Å². The lowest BCUT2D eigenvalue weighted by Crippen LogP contribution is -2.31. The van der Waals surface area contributed by atoms with E-state index >= 15 is 0 Å². The predicted octanol–water partition coefficient (Wildman–Crippen LogP) is 6.07. The molecule has 2 aliphatic rings. The monoisotopic (exact) mass is 450 g/mol. The summed E-state index contributed by atoms with van der Waals surface area (Å²) < 4.78 is 12.1. The van der Waals surface area contributed by atoms with Gasteiger partial charge in [0.15, 0.2) is 0 Å². The Morgan fingerprint density at radius 2 is 2.00 bits per heavy atom. The highest BCUT2D eigenvalue weighted by Gasteiger charge is 2.45. The van der Waals surface area contributed by atoms with E-state index in [0.29, 0.717) is 5.56 Å². The van der Waals surface area contributed by atoms with Gasteiger partial charge in [-0.15, -0.1) is 0 Å². The lowest BCUT2D eigenvalue weighted by atomic mass is 9.79. The molecule has 0 N–H and O–H groups in total. The average molecular weight is 451 g/mol. The van der Waals surface area contributed by atoms with Crippen LogP contribution in [-0.2, 0) is 0 Å². The zero-order valence-corrected chi connectivity index (χ0v) is 17.2. The van der Waals surface area contributed by atoms with E-state index in [-0.39, 0.29) is 17.9 Å². The second kappa shape index (κ2) is 7.52. The van der Waals surface area contributed by atoms with E-state index in [1.165, 1.54) is 0 Å². The van der Waals surface area contributed by atoms with Crippen LogP contribution in [0.15, 0.2) is 85.0 Å². The molecule has 1 aliphatic carbocycles. The summed E-state index contributed by atoms with van der Waals surface area (Å²) in [5.41, 5.74) is 2.67. The first-order valence-corrected chi connectivity index (χ1v) is 10.5. The molecule has 146 valence electrons. The van der Waals surface area contributed by atoms with Crippen molar-refractivity contribution in [2.75, 3.05) is 0 Å². The highest BCUT2D eigenvalue weighted by atomic mass is 79.9. The minimum atomic E-state index is -0.244. The first-order valence-electron chi connectivity index (χ1n) is 9.66. The Labute approximate surface area is 176 Å². The minimum absolute atomic E-state index is 0.104. The van der Waals surface area contributed by atoms with E-state index < -0.39 is 0 Å². The molecule has 2 unspecified atom stereocenters. The van der Waals surface area contributed by atoms with Gasteiger partial charge in [-0.25, -0.2) is 5.01 Å². The number of carbonyl (C=O) groups excluding carboxylic acids is 1. The largest absolute Gasteiger partial charge is 0.467 e. The van der Waals surface area contributed by atoms with Crippen LogP contribution in [-0.4, -0.2) is 16.6 Å². The Balaban J connectivity index is 1.57. The van der Waals surface area contributed by atoms with Crippen molar-refractivity contribution in [2.45, 2.75) is 25.3 Å². The normalized spacial score (nSPS) is 22.6. The number of benzene rings is 1. The zero-order chi connectivity index (χ0) is 19.8. The molecular weight excluding hydrogens is 432 g/mol. The maximum Gasteiger partial charge on any atom is 0.274 e. The molecule has 5 nitrogen and oxygen atoms in total. The van der Waals surface area contributed by atoms with E-state index in [1.54, 1.807) is 17.5 Å². The van der Waals surface area contributed by atoms with Crippen molar-refractivity contribution >= 4 is 33.6 Å². The van der Waals surface area contributed by atoms with Gasteiger partial charge < -0.3 is 8.83 Å². The Morgan fingerprint density at radius 1 is 1.14 bits per heavy atom. The van der Waals surface area contributed by atoms with Gasteiger partial charge in [0.05, 0.1) is 18.2 Å². The third-order valence-electron chi connectivity index (χ3n) is 5.48. The fourth-order valence-corrected chi connectivity index (χ4v) is 4.60. The van der Waals surface area contributed by atoms with Crippen LogP contribution in [0.1, 0.15) is 47.2 Å². The highest BCUT2D eigenvalue weighted by molar-refractivity contribution is 9.10. The molecule has 2 aromatic heterocycles. The summed E-state index contributed by atoms with van der Waals surface area (Å²) in [6.45, 7) is 0. The van der Waals surface area contributed by atoms with Crippen molar-refractivity contribution in [1.29, 1.82) is 0 Å². The summed E-state index contributed by atoms with van der Waals surface area (Å²) in [7, 11) is 0. The summed E-state index contributed by atoms with van der Waals surface area (Å²) in [5.74, 6) is 1.53. The number of hydrazone groups is 1. The number of hydrogen-bond acceptors (Lipinski definition) is 4. The number of allylic oxidation sites excluding steroid dienone is 1. The van der Waals surface area contributed by atoms with Crippen LogP contribution in [0.3, 0.4) is 0 Å². The van der Waals surface area contributed by atoms with Crippen LogP contribution in [0.2, 0.25) is 0 Å². The summed E-state index contributed by atoms with van der Waals surface area (Å²) >= 11 is 3.45. The molecule has 29 heavy (non-hydrogen) atoms. The molecule has 1 aromatic carbocycles. The molecule has 3 heterocycles. The van der Waals surface area contributed by atoms with E-state index in [4.69, 9.17) is 13.9 Å². The van der Waals surface area contributed by atoms with E-state index in [1.807, 2.05) is 54.6 Å². The lowest BCUT2D eigenvalue weighted by Gasteiger charge is -2.27. The Kier molecular flexibility index (Phi) is 4.72. The summed E-state index contributed by atoms with van der Waals surface area (Å²) in [5, 5.41) is 6.43. The summed E-state index contributed by atoms with van der Waals surface area (Å²) in [6.07, 6.45) is 8.26. The molecule has 1 amide bonds. The molecule has 0 radical (unpaired) electrons. The molecule has 5 rings (SSSR count). The number of rotatable bonds is 3. The van der Waals surface area contributed by atoms with Crippen LogP contribution >= 0.6 is 15.9 Å². The molecule has 1 fully saturated rings. The first kappa shape index (κ1) is 18.2. The van der Waals surface area contributed by atoms with Crippen molar-refractivity contribution < 1.29 is 13.6 Å². The molecule has 0 saturated heterocycles. The Morgan fingerprint density at radius 3 is 2.76 bits per heavy atom. The van der Waals surface area contributed by atoms with Crippen LogP contribution in [0, 0.1) is 5.92 Å². The van der Waals surface area contributed by atoms with Crippen molar-refractivity contribution in [3.05, 3.63) is 88.2 Å². The van der Waals surface area contributed by atoms with Gasteiger partial charge in [-0.05, 0) is 73.4 Å². The standard InChI is InChI=1S/C23H19BrN2O3/c24-17-7-1-6-16(13-17)23(27)26-22(20-10-4-12-29-20)19-9-2-5-15(21(19)25-26)14-18-8-3-11-28-18/h1,3-4,6-8,10-14,19,22H,2,5,9H2/b15-14+. The van der Waals surface area contributed by atoms with Gasteiger partial charge in [0.25, 0.3) is 5.91 Å². The third kappa shape index (κ3) is 3.38. The fraction of sp³-hybridized carbons (Fsp3) is 0.217. The number of carbonyl (C=O) groups is 1. The molecule has 0 spiro atoms. The molecule has 3 aromatic rings. The SMILES string of the molecule is O=C(c1cccc(Br)c1)N1N=C2/C(=C/c3ccco3)CCCC2C1c1ccco1.